The van der Waals surface area contributed by atoms with Gasteiger partial charge in [0.2, 0.25) is 11.3 Å². The zero-order chi connectivity index (χ0) is 20.3. The molecule has 0 saturated carbocycles. The minimum Gasteiger partial charge on any atom is -0.354 e. The number of rotatable bonds is 5. The van der Waals surface area contributed by atoms with Crippen LogP contribution in [0.25, 0.3) is 10.9 Å². The second-order valence-electron chi connectivity index (χ2n) is 6.07. The van der Waals surface area contributed by atoms with Crippen molar-refractivity contribution < 1.29 is 13.6 Å². The first kappa shape index (κ1) is 19.7. The molecule has 1 heterocycles. The van der Waals surface area contributed by atoms with Gasteiger partial charge in [-0.1, -0.05) is 22.0 Å². The van der Waals surface area contributed by atoms with Crippen LogP contribution in [0.2, 0.25) is 0 Å². The van der Waals surface area contributed by atoms with Crippen LogP contribution in [-0.2, 0) is 17.8 Å². The Morgan fingerprint density at radius 1 is 1.21 bits per heavy atom. The molecule has 28 heavy (non-hydrogen) atoms. The maximum absolute atomic E-state index is 13.6. The van der Waals surface area contributed by atoms with Crippen LogP contribution in [0.15, 0.2) is 51.9 Å². The predicted molar refractivity (Wildman–Crippen MR) is 104 cm³/mol. The number of nitrogens with zero attached hydrogens (tertiary/aromatic N) is 2. The summed E-state index contributed by atoms with van der Waals surface area (Å²) < 4.78 is 29.4. The number of aromatic nitrogens is 1. The monoisotopic (exact) mass is 445 g/mol. The Morgan fingerprint density at radius 2 is 1.93 bits per heavy atom. The number of carbonyl (C=O) groups excluding carboxylic acids is 1. The molecule has 3 rings (SSSR count). The number of halogens is 3. The Bertz CT molecular complexity index is 1150. The molecular weight excluding hydrogens is 432 g/mol. The fourth-order valence-electron chi connectivity index (χ4n) is 2.89. The lowest BCUT2D eigenvalue weighted by Gasteiger charge is -2.12. The van der Waals surface area contributed by atoms with Crippen LogP contribution >= 0.6 is 15.9 Å². The molecule has 3 aromatic rings. The summed E-state index contributed by atoms with van der Waals surface area (Å²) in [7, 11) is 0. The van der Waals surface area contributed by atoms with Crippen molar-refractivity contribution in [1.82, 2.24) is 9.88 Å². The number of fused-ring (bicyclic) bond motifs is 1. The van der Waals surface area contributed by atoms with Crippen molar-refractivity contribution in [1.29, 1.82) is 5.26 Å². The van der Waals surface area contributed by atoms with Crippen molar-refractivity contribution >= 4 is 32.7 Å². The summed E-state index contributed by atoms with van der Waals surface area (Å²) in [6, 6.07) is 10.4. The number of hydrogen-bond donors (Lipinski definition) is 1. The molecule has 0 atom stereocenters. The highest BCUT2D eigenvalue weighted by atomic mass is 79.9. The Kier molecular flexibility index (Phi) is 5.85. The topological polar surface area (TPSA) is 74.9 Å². The highest BCUT2D eigenvalue weighted by Gasteiger charge is 2.13. The Labute approximate surface area is 167 Å². The number of hydrogen-bond acceptors (Lipinski definition) is 3. The summed E-state index contributed by atoms with van der Waals surface area (Å²) in [4.78, 5) is 24.6. The molecule has 0 bridgehead atoms. The minimum atomic E-state index is -0.662. The van der Waals surface area contributed by atoms with Gasteiger partial charge >= 0.3 is 0 Å². The van der Waals surface area contributed by atoms with Crippen molar-refractivity contribution in [3.8, 4) is 6.07 Å². The van der Waals surface area contributed by atoms with E-state index in [0.29, 0.717) is 15.4 Å². The average Bonchev–Trinajstić information content (AvgIpc) is 2.66. The third kappa shape index (κ3) is 4.10. The van der Waals surface area contributed by atoms with E-state index in [4.69, 9.17) is 0 Å². The van der Waals surface area contributed by atoms with Crippen LogP contribution in [0.3, 0.4) is 0 Å². The lowest BCUT2D eigenvalue weighted by atomic mass is 10.1. The fourth-order valence-corrected chi connectivity index (χ4v) is 3.25. The van der Waals surface area contributed by atoms with E-state index in [2.05, 4.69) is 21.2 Å². The van der Waals surface area contributed by atoms with Crippen molar-refractivity contribution in [3.63, 3.8) is 0 Å². The first-order chi connectivity index (χ1) is 13.4. The van der Waals surface area contributed by atoms with E-state index in [1.165, 1.54) is 16.8 Å². The molecule has 5 nitrogen and oxygen atoms in total. The van der Waals surface area contributed by atoms with Crippen molar-refractivity contribution in [3.05, 3.63) is 80.1 Å². The summed E-state index contributed by atoms with van der Waals surface area (Å²) in [5.74, 6) is -1.73. The van der Waals surface area contributed by atoms with E-state index >= 15 is 0 Å². The first-order valence-corrected chi connectivity index (χ1v) is 9.12. The molecule has 0 radical (unpaired) electrons. The third-order valence-electron chi connectivity index (χ3n) is 4.24. The quantitative estimate of drug-likeness (QED) is 0.654. The van der Waals surface area contributed by atoms with E-state index in [0.717, 1.165) is 12.1 Å². The van der Waals surface area contributed by atoms with Crippen LogP contribution in [0, 0.1) is 23.0 Å². The second kappa shape index (κ2) is 8.31. The summed E-state index contributed by atoms with van der Waals surface area (Å²) in [6.07, 6.45) is 1.33. The minimum absolute atomic E-state index is 0.00551. The molecule has 0 spiro atoms. The Hall–Kier alpha value is -3.05. The lowest BCUT2D eigenvalue weighted by molar-refractivity contribution is -0.121. The van der Waals surface area contributed by atoms with Crippen molar-refractivity contribution in [2.45, 2.75) is 13.0 Å². The van der Waals surface area contributed by atoms with Gasteiger partial charge in [-0.2, -0.15) is 5.26 Å². The van der Waals surface area contributed by atoms with Crippen molar-refractivity contribution in [2.75, 3.05) is 6.54 Å². The van der Waals surface area contributed by atoms with E-state index in [9.17, 15) is 23.6 Å². The van der Waals surface area contributed by atoms with E-state index in [-0.39, 0.29) is 30.6 Å². The molecule has 0 unspecified atom stereocenters. The Balaban J connectivity index is 1.77. The van der Waals surface area contributed by atoms with Crippen LogP contribution in [0.5, 0.6) is 0 Å². The number of pyridine rings is 1. The molecule has 1 amide bonds. The molecule has 2 aromatic carbocycles. The number of amides is 1. The summed E-state index contributed by atoms with van der Waals surface area (Å²) >= 11 is 3.28. The largest absolute Gasteiger partial charge is 0.354 e. The van der Waals surface area contributed by atoms with E-state index < -0.39 is 23.0 Å². The standard InChI is InChI=1S/C20H14BrF2N3O2/c21-13-4-5-18-15(8-13)20(28)12(9-24)10-26(18)11-19(27)25-7-6-14-16(22)2-1-3-17(14)23/h1-5,8,10H,6-7,11H2,(H,25,27). The number of carbonyl (C=O) groups is 1. The molecule has 1 aromatic heterocycles. The summed E-state index contributed by atoms with van der Waals surface area (Å²) in [5, 5.41) is 12.1. The molecule has 0 saturated heterocycles. The molecule has 0 fully saturated rings. The molecule has 142 valence electrons. The summed E-state index contributed by atoms with van der Waals surface area (Å²) in [6.45, 7) is -0.0989. The average molecular weight is 446 g/mol. The smallest absolute Gasteiger partial charge is 0.239 e. The first-order valence-electron chi connectivity index (χ1n) is 8.33. The van der Waals surface area contributed by atoms with Gasteiger partial charge in [0.05, 0.1) is 5.52 Å². The van der Waals surface area contributed by atoms with Gasteiger partial charge < -0.3 is 9.88 Å². The highest BCUT2D eigenvalue weighted by Crippen LogP contribution is 2.18. The normalized spacial score (nSPS) is 10.6. The predicted octanol–water partition coefficient (Wildman–Crippen LogP) is 3.27. The Morgan fingerprint density at radius 3 is 2.61 bits per heavy atom. The van der Waals surface area contributed by atoms with Gasteiger partial charge in [-0.15, -0.1) is 0 Å². The number of benzene rings is 2. The van der Waals surface area contributed by atoms with Crippen LogP contribution in [-0.4, -0.2) is 17.0 Å². The van der Waals surface area contributed by atoms with E-state index in [1.807, 2.05) is 6.07 Å². The van der Waals surface area contributed by atoms with Crippen molar-refractivity contribution in [2.24, 2.45) is 0 Å². The molecule has 0 aliphatic heterocycles. The van der Waals surface area contributed by atoms with Gasteiger partial charge in [-0.05, 0) is 36.8 Å². The number of nitrogens with one attached hydrogen (secondary N) is 1. The van der Waals surface area contributed by atoms with Gasteiger partial charge in [-0.3, -0.25) is 9.59 Å². The van der Waals surface area contributed by atoms with Crippen LogP contribution < -0.4 is 10.7 Å². The second-order valence-corrected chi connectivity index (χ2v) is 6.99. The molecule has 0 aliphatic rings. The van der Waals surface area contributed by atoms with Gasteiger partial charge in [0, 0.05) is 28.2 Å². The van der Waals surface area contributed by atoms with Crippen LogP contribution in [0.1, 0.15) is 11.1 Å². The zero-order valence-electron chi connectivity index (χ0n) is 14.5. The van der Waals surface area contributed by atoms with E-state index in [1.54, 1.807) is 18.2 Å². The van der Waals surface area contributed by atoms with Gasteiger partial charge in [0.15, 0.2) is 0 Å². The SMILES string of the molecule is N#Cc1cn(CC(=O)NCCc2c(F)cccc2F)c2ccc(Br)cc2c1=O. The number of nitriles is 1. The molecule has 0 aliphatic carbocycles. The van der Waals surface area contributed by atoms with Gasteiger partial charge in [0.25, 0.3) is 0 Å². The fraction of sp³-hybridized carbons (Fsp3) is 0.150. The maximum Gasteiger partial charge on any atom is 0.239 e. The molecular formula is C20H14BrF2N3O2. The lowest BCUT2D eigenvalue weighted by Crippen LogP contribution is -2.30. The summed E-state index contributed by atoms with van der Waals surface area (Å²) in [5.41, 5.74) is -0.0759. The highest BCUT2D eigenvalue weighted by molar-refractivity contribution is 9.10. The van der Waals surface area contributed by atoms with Gasteiger partial charge in [0.1, 0.15) is 29.8 Å². The maximum atomic E-state index is 13.6. The third-order valence-corrected chi connectivity index (χ3v) is 4.73. The van der Waals surface area contributed by atoms with Crippen LogP contribution in [0.4, 0.5) is 8.78 Å². The van der Waals surface area contributed by atoms with Gasteiger partial charge in [-0.25, -0.2) is 8.78 Å². The zero-order valence-corrected chi connectivity index (χ0v) is 16.1. The molecule has 1 N–H and O–H groups in total. The molecule has 8 heteroatoms.